The molecule has 0 aliphatic heterocycles. The summed E-state index contributed by atoms with van der Waals surface area (Å²) in [6.07, 6.45) is 8.93. The van der Waals surface area contributed by atoms with E-state index in [1.54, 1.807) is 23.1 Å². The van der Waals surface area contributed by atoms with Gasteiger partial charge in [-0.25, -0.2) is 9.31 Å². The van der Waals surface area contributed by atoms with Gasteiger partial charge in [0.25, 0.3) is 5.91 Å². The highest BCUT2D eigenvalue weighted by Crippen LogP contribution is 2.29. The summed E-state index contributed by atoms with van der Waals surface area (Å²) >= 11 is 0. The van der Waals surface area contributed by atoms with Crippen molar-refractivity contribution in [1.82, 2.24) is 25.2 Å². The lowest BCUT2D eigenvalue weighted by atomic mass is 9.91. The number of carbonyl (C=O) groups excluding carboxylic acids is 1. The summed E-state index contributed by atoms with van der Waals surface area (Å²) in [7, 11) is 0. The van der Waals surface area contributed by atoms with Gasteiger partial charge in [-0.1, -0.05) is 6.07 Å². The summed E-state index contributed by atoms with van der Waals surface area (Å²) in [6, 6.07) is 5.97. The van der Waals surface area contributed by atoms with Gasteiger partial charge in [-0.05, 0) is 51.7 Å². The SMILES string of the molecule is CC(C)Nc1c(C(=O)N[C@H]2CC[C@H](NC(=O)O)CC2)cnn2cc(-c3cccnc3)cc12. The van der Waals surface area contributed by atoms with Gasteiger partial charge in [0, 0.05) is 47.8 Å². The highest BCUT2D eigenvalue weighted by Gasteiger charge is 2.25. The molecule has 3 aromatic heterocycles. The fourth-order valence-corrected chi connectivity index (χ4v) is 4.18. The van der Waals surface area contributed by atoms with Crippen LogP contribution < -0.4 is 16.0 Å². The van der Waals surface area contributed by atoms with Crippen molar-refractivity contribution in [2.75, 3.05) is 5.32 Å². The minimum absolute atomic E-state index is 0.00945. The Bertz CT molecular complexity index is 1100. The number of nitrogens with zero attached hydrogens (tertiary/aromatic N) is 3. The third-order valence-corrected chi connectivity index (χ3v) is 5.70. The van der Waals surface area contributed by atoms with Crippen molar-refractivity contribution >= 4 is 23.2 Å². The second-order valence-electron chi connectivity index (χ2n) is 8.50. The summed E-state index contributed by atoms with van der Waals surface area (Å²) in [5.74, 6) is -0.179. The van der Waals surface area contributed by atoms with Crippen LogP contribution in [0.25, 0.3) is 16.6 Å². The summed E-state index contributed by atoms with van der Waals surface area (Å²) in [4.78, 5) is 28.2. The number of rotatable bonds is 6. The Labute approximate surface area is 186 Å². The molecule has 0 atom stereocenters. The van der Waals surface area contributed by atoms with Crippen LogP contribution in [0.4, 0.5) is 10.5 Å². The second-order valence-corrected chi connectivity index (χ2v) is 8.50. The summed E-state index contributed by atoms with van der Waals surface area (Å²) in [5, 5.41) is 22.4. The molecule has 168 valence electrons. The van der Waals surface area contributed by atoms with E-state index in [2.05, 4.69) is 26.0 Å². The molecule has 0 aromatic carbocycles. The van der Waals surface area contributed by atoms with Crippen LogP contribution in [0, 0.1) is 0 Å². The quantitative estimate of drug-likeness (QED) is 0.469. The Balaban J connectivity index is 1.57. The maximum atomic E-state index is 13.2. The maximum Gasteiger partial charge on any atom is 0.404 e. The van der Waals surface area contributed by atoms with Crippen LogP contribution in [-0.2, 0) is 0 Å². The number of carboxylic acid groups (broad SMARTS) is 1. The molecule has 9 heteroatoms. The van der Waals surface area contributed by atoms with Gasteiger partial charge >= 0.3 is 6.09 Å². The molecule has 0 saturated heterocycles. The molecule has 9 nitrogen and oxygen atoms in total. The largest absolute Gasteiger partial charge is 0.465 e. The van der Waals surface area contributed by atoms with Gasteiger partial charge in [-0.3, -0.25) is 9.78 Å². The van der Waals surface area contributed by atoms with E-state index in [-0.39, 0.29) is 24.0 Å². The van der Waals surface area contributed by atoms with E-state index < -0.39 is 6.09 Å². The minimum Gasteiger partial charge on any atom is -0.465 e. The Morgan fingerprint density at radius 2 is 1.81 bits per heavy atom. The predicted molar refractivity (Wildman–Crippen MR) is 122 cm³/mol. The maximum absolute atomic E-state index is 13.2. The van der Waals surface area contributed by atoms with Gasteiger partial charge in [0.2, 0.25) is 0 Å². The number of pyridine rings is 1. The molecule has 3 heterocycles. The first-order valence-electron chi connectivity index (χ1n) is 10.9. The minimum atomic E-state index is -1.00. The Kier molecular flexibility index (Phi) is 6.25. The molecule has 2 amide bonds. The first kappa shape index (κ1) is 21.6. The molecule has 1 aliphatic rings. The van der Waals surface area contributed by atoms with E-state index in [9.17, 15) is 9.59 Å². The van der Waals surface area contributed by atoms with E-state index in [0.29, 0.717) is 18.4 Å². The van der Waals surface area contributed by atoms with E-state index in [4.69, 9.17) is 5.11 Å². The topological polar surface area (TPSA) is 121 Å². The van der Waals surface area contributed by atoms with Crippen LogP contribution in [0.5, 0.6) is 0 Å². The highest BCUT2D eigenvalue weighted by atomic mass is 16.4. The van der Waals surface area contributed by atoms with Crippen LogP contribution >= 0.6 is 0 Å². The fraction of sp³-hybridized carbons (Fsp3) is 0.391. The number of hydrogen-bond acceptors (Lipinski definition) is 5. The Morgan fingerprint density at radius 3 is 2.44 bits per heavy atom. The predicted octanol–water partition coefficient (Wildman–Crippen LogP) is 3.53. The van der Waals surface area contributed by atoms with E-state index in [1.807, 2.05) is 38.2 Å². The van der Waals surface area contributed by atoms with Crippen LogP contribution in [0.1, 0.15) is 49.9 Å². The molecular weight excluding hydrogens is 408 g/mol. The molecule has 0 unspecified atom stereocenters. The molecule has 4 rings (SSSR count). The zero-order chi connectivity index (χ0) is 22.7. The molecule has 1 fully saturated rings. The normalized spacial score (nSPS) is 18.5. The van der Waals surface area contributed by atoms with Gasteiger partial charge in [-0.15, -0.1) is 0 Å². The Hall–Kier alpha value is -3.62. The molecule has 0 radical (unpaired) electrons. The lowest BCUT2D eigenvalue weighted by molar-refractivity contribution is 0.0923. The zero-order valence-corrected chi connectivity index (χ0v) is 18.2. The third kappa shape index (κ3) is 4.82. The van der Waals surface area contributed by atoms with Gasteiger partial charge in [0.05, 0.1) is 23.0 Å². The fourth-order valence-electron chi connectivity index (χ4n) is 4.18. The molecule has 1 aliphatic carbocycles. The van der Waals surface area contributed by atoms with Crippen LogP contribution in [0.15, 0.2) is 43.0 Å². The molecular formula is C23H28N6O3. The second kappa shape index (κ2) is 9.25. The van der Waals surface area contributed by atoms with Crippen LogP contribution in [0.2, 0.25) is 0 Å². The van der Waals surface area contributed by atoms with Crippen LogP contribution in [-0.4, -0.2) is 49.8 Å². The monoisotopic (exact) mass is 436 g/mol. The average Bonchev–Trinajstić information content (AvgIpc) is 3.20. The molecule has 0 spiro atoms. The zero-order valence-electron chi connectivity index (χ0n) is 18.2. The molecule has 3 aromatic rings. The van der Waals surface area contributed by atoms with Crippen LogP contribution in [0.3, 0.4) is 0 Å². The Morgan fingerprint density at radius 1 is 1.09 bits per heavy atom. The van der Waals surface area contributed by atoms with Crippen molar-refractivity contribution < 1.29 is 14.7 Å². The first-order valence-corrected chi connectivity index (χ1v) is 10.9. The van der Waals surface area contributed by atoms with E-state index >= 15 is 0 Å². The molecule has 4 N–H and O–H groups in total. The third-order valence-electron chi connectivity index (χ3n) is 5.70. The number of nitrogens with one attached hydrogen (secondary N) is 3. The number of hydrogen-bond donors (Lipinski definition) is 4. The summed E-state index contributed by atoms with van der Waals surface area (Å²) in [5.41, 5.74) is 4.00. The lowest BCUT2D eigenvalue weighted by Gasteiger charge is -2.29. The smallest absolute Gasteiger partial charge is 0.404 e. The number of amides is 2. The summed E-state index contributed by atoms with van der Waals surface area (Å²) in [6.45, 7) is 4.06. The van der Waals surface area contributed by atoms with Crippen molar-refractivity contribution in [3.05, 3.63) is 48.5 Å². The molecule has 1 saturated carbocycles. The first-order chi connectivity index (χ1) is 15.4. The summed E-state index contributed by atoms with van der Waals surface area (Å²) < 4.78 is 1.77. The van der Waals surface area contributed by atoms with Crippen molar-refractivity contribution in [3.63, 3.8) is 0 Å². The van der Waals surface area contributed by atoms with E-state index in [1.165, 1.54) is 0 Å². The van der Waals surface area contributed by atoms with Crippen molar-refractivity contribution in [2.24, 2.45) is 0 Å². The van der Waals surface area contributed by atoms with Crippen molar-refractivity contribution in [3.8, 4) is 11.1 Å². The van der Waals surface area contributed by atoms with Gasteiger partial charge in [0.15, 0.2) is 0 Å². The standard InChI is InChI=1S/C23H28N6O3/c1-14(2)26-21-19(22(30)27-17-5-7-18(8-6-17)28-23(31)32)12-25-29-13-16(10-20(21)29)15-4-3-9-24-11-15/h3-4,9-14,17-18,26,28H,5-8H2,1-2H3,(H,27,30)(H,31,32)/t17-,18-. The van der Waals surface area contributed by atoms with Crippen molar-refractivity contribution in [2.45, 2.75) is 57.7 Å². The number of aromatic nitrogens is 3. The highest BCUT2D eigenvalue weighted by molar-refractivity contribution is 6.03. The molecule has 32 heavy (non-hydrogen) atoms. The number of fused-ring (bicyclic) bond motifs is 1. The number of anilines is 1. The number of carbonyl (C=O) groups is 2. The van der Waals surface area contributed by atoms with Gasteiger partial charge < -0.3 is 21.1 Å². The van der Waals surface area contributed by atoms with Gasteiger partial charge in [-0.2, -0.15) is 5.10 Å². The molecule has 0 bridgehead atoms. The lowest BCUT2D eigenvalue weighted by Crippen LogP contribution is -2.43. The van der Waals surface area contributed by atoms with Crippen molar-refractivity contribution in [1.29, 1.82) is 0 Å². The van der Waals surface area contributed by atoms with Gasteiger partial charge in [0.1, 0.15) is 0 Å². The van der Waals surface area contributed by atoms with E-state index in [0.717, 1.165) is 35.2 Å². The average molecular weight is 437 g/mol.